The number of hydrogen-bond donors (Lipinski definition) is 0. The van der Waals surface area contributed by atoms with E-state index in [1.165, 1.54) is 7.11 Å². The maximum Gasteiger partial charge on any atom is 0.343 e. The summed E-state index contributed by atoms with van der Waals surface area (Å²) in [6.07, 6.45) is 0.820. The molecule has 0 aliphatic rings. The summed E-state index contributed by atoms with van der Waals surface area (Å²) in [6, 6.07) is 16.0. The number of amides is 1. The molecule has 0 bridgehead atoms. The molecule has 27 heavy (non-hydrogen) atoms. The molecule has 0 heterocycles. The van der Waals surface area contributed by atoms with E-state index in [1.54, 1.807) is 41.3 Å². The molecule has 2 rings (SSSR count). The van der Waals surface area contributed by atoms with Gasteiger partial charge in [0.15, 0.2) is 6.61 Å². The van der Waals surface area contributed by atoms with E-state index in [2.05, 4.69) is 10.8 Å². The number of rotatable bonds is 8. The average Bonchev–Trinajstić information content (AvgIpc) is 2.71. The van der Waals surface area contributed by atoms with Crippen LogP contribution in [0.15, 0.2) is 48.5 Å². The van der Waals surface area contributed by atoms with E-state index in [0.717, 1.165) is 12.0 Å². The molecule has 6 heteroatoms. The molecule has 0 aromatic heterocycles. The van der Waals surface area contributed by atoms with Gasteiger partial charge in [-0.15, -0.1) is 0 Å². The van der Waals surface area contributed by atoms with Crippen molar-refractivity contribution in [2.24, 2.45) is 0 Å². The van der Waals surface area contributed by atoms with E-state index in [9.17, 15) is 9.59 Å². The van der Waals surface area contributed by atoms with Gasteiger partial charge >= 0.3 is 5.97 Å². The van der Waals surface area contributed by atoms with Crippen LogP contribution in [-0.2, 0) is 16.1 Å². The third-order valence-electron chi connectivity index (χ3n) is 3.90. The molecule has 0 atom stereocenters. The summed E-state index contributed by atoms with van der Waals surface area (Å²) in [5, 5.41) is 8.90. The highest BCUT2D eigenvalue weighted by Crippen LogP contribution is 2.17. The van der Waals surface area contributed by atoms with Crippen molar-refractivity contribution < 1.29 is 19.1 Å². The van der Waals surface area contributed by atoms with Gasteiger partial charge in [-0.05, 0) is 42.3 Å². The van der Waals surface area contributed by atoms with E-state index in [1.807, 2.05) is 19.1 Å². The third kappa shape index (κ3) is 5.86. The van der Waals surface area contributed by atoms with E-state index >= 15 is 0 Å². The second-order valence-corrected chi connectivity index (χ2v) is 5.93. The predicted molar refractivity (Wildman–Crippen MR) is 100 cm³/mol. The minimum atomic E-state index is -0.486. The molecule has 0 aliphatic heterocycles. The van der Waals surface area contributed by atoms with Gasteiger partial charge in [0, 0.05) is 18.7 Å². The van der Waals surface area contributed by atoms with Crippen molar-refractivity contribution in [3.63, 3.8) is 0 Å². The summed E-state index contributed by atoms with van der Waals surface area (Å²) >= 11 is 0. The highest BCUT2D eigenvalue weighted by Gasteiger charge is 2.16. The van der Waals surface area contributed by atoms with Crippen molar-refractivity contribution in [3.05, 3.63) is 65.2 Å². The van der Waals surface area contributed by atoms with Gasteiger partial charge < -0.3 is 14.4 Å². The Morgan fingerprint density at radius 3 is 2.52 bits per heavy atom. The fourth-order valence-electron chi connectivity index (χ4n) is 2.53. The van der Waals surface area contributed by atoms with Crippen molar-refractivity contribution in [3.8, 4) is 11.8 Å². The Labute approximate surface area is 158 Å². The second-order valence-electron chi connectivity index (χ2n) is 5.93. The summed E-state index contributed by atoms with van der Waals surface area (Å²) in [5.74, 6) is -0.175. The minimum absolute atomic E-state index is 0.121. The van der Waals surface area contributed by atoms with Crippen LogP contribution >= 0.6 is 0 Å². The molecular formula is C21H22N2O4. The van der Waals surface area contributed by atoms with Crippen molar-refractivity contribution in [1.29, 1.82) is 5.26 Å². The quantitative estimate of drug-likeness (QED) is 0.671. The summed E-state index contributed by atoms with van der Waals surface area (Å²) in [5.41, 5.74) is 2.02. The van der Waals surface area contributed by atoms with Crippen LogP contribution in [0.2, 0.25) is 0 Å². The molecular weight excluding hydrogens is 344 g/mol. The van der Waals surface area contributed by atoms with Gasteiger partial charge in [-0.2, -0.15) is 5.26 Å². The van der Waals surface area contributed by atoms with Crippen LogP contribution in [0, 0.1) is 11.3 Å². The molecule has 2 aromatic rings. The Bertz CT molecular complexity index is 825. The van der Waals surface area contributed by atoms with E-state index < -0.39 is 5.97 Å². The van der Waals surface area contributed by atoms with Gasteiger partial charge in [0.2, 0.25) is 0 Å². The number of esters is 1. The lowest BCUT2D eigenvalue weighted by Gasteiger charge is -2.22. The van der Waals surface area contributed by atoms with E-state index in [4.69, 9.17) is 10.00 Å². The summed E-state index contributed by atoms with van der Waals surface area (Å²) < 4.78 is 9.90. The van der Waals surface area contributed by atoms with Crippen molar-refractivity contribution in [2.75, 3.05) is 20.3 Å². The number of nitrogens with zero attached hydrogens (tertiary/aromatic N) is 2. The van der Waals surface area contributed by atoms with Gasteiger partial charge in [-0.1, -0.05) is 25.1 Å². The number of carbonyl (C=O) groups is 2. The number of nitriles is 1. The number of methoxy groups -OCH3 is 1. The highest BCUT2D eigenvalue weighted by atomic mass is 16.6. The Morgan fingerprint density at radius 1 is 1.15 bits per heavy atom. The lowest BCUT2D eigenvalue weighted by atomic mass is 10.1. The first-order valence-corrected chi connectivity index (χ1v) is 8.65. The fraction of sp³-hybridized carbons (Fsp3) is 0.286. The summed E-state index contributed by atoms with van der Waals surface area (Å²) in [4.78, 5) is 25.9. The molecule has 2 aromatic carbocycles. The van der Waals surface area contributed by atoms with Crippen LogP contribution in [0.1, 0.15) is 34.8 Å². The van der Waals surface area contributed by atoms with Crippen LogP contribution in [-0.4, -0.2) is 37.0 Å². The fourth-order valence-corrected chi connectivity index (χ4v) is 2.53. The van der Waals surface area contributed by atoms with Gasteiger partial charge in [0.1, 0.15) is 5.75 Å². The molecule has 140 valence electrons. The molecule has 1 amide bonds. The molecule has 0 radical (unpaired) electrons. The smallest absolute Gasteiger partial charge is 0.343 e. The van der Waals surface area contributed by atoms with E-state index in [-0.39, 0.29) is 12.5 Å². The second kappa shape index (κ2) is 9.97. The minimum Gasteiger partial charge on any atom is -0.482 e. The van der Waals surface area contributed by atoms with Crippen molar-refractivity contribution in [1.82, 2.24) is 4.90 Å². The standard InChI is InChI=1S/C21H22N2O4/c1-3-11-23(14-17-9-7-16(13-22)8-10-17)21(25)18-5-4-6-19(12-18)27-15-20(24)26-2/h4-10,12H,3,11,14-15H2,1-2H3. The maximum atomic E-state index is 12.9. The molecule has 0 N–H and O–H groups in total. The number of ether oxygens (including phenoxy) is 2. The summed E-state index contributed by atoms with van der Waals surface area (Å²) in [7, 11) is 1.29. The average molecular weight is 366 g/mol. The predicted octanol–water partition coefficient (Wildman–Crippen LogP) is 3.16. The van der Waals surface area contributed by atoms with E-state index in [0.29, 0.717) is 30.0 Å². The van der Waals surface area contributed by atoms with Crippen LogP contribution in [0.3, 0.4) is 0 Å². The van der Waals surface area contributed by atoms with Crippen LogP contribution in [0.4, 0.5) is 0 Å². The monoisotopic (exact) mass is 366 g/mol. The zero-order valence-electron chi connectivity index (χ0n) is 15.5. The third-order valence-corrected chi connectivity index (χ3v) is 3.90. The van der Waals surface area contributed by atoms with Crippen LogP contribution in [0.5, 0.6) is 5.75 Å². The lowest BCUT2D eigenvalue weighted by Crippen LogP contribution is -2.31. The first kappa shape index (κ1) is 20.0. The molecule has 6 nitrogen and oxygen atoms in total. The number of carbonyl (C=O) groups excluding carboxylic acids is 2. The Kier molecular flexibility index (Phi) is 7.38. The number of hydrogen-bond acceptors (Lipinski definition) is 5. The van der Waals surface area contributed by atoms with Gasteiger partial charge in [0.25, 0.3) is 5.91 Å². The summed E-state index contributed by atoms with van der Waals surface area (Å²) in [6.45, 7) is 2.85. The maximum absolute atomic E-state index is 12.9. The zero-order chi connectivity index (χ0) is 19.6. The van der Waals surface area contributed by atoms with Gasteiger partial charge in [0.05, 0.1) is 18.7 Å². The van der Waals surface area contributed by atoms with Crippen molar-refractivity contribution >= 4 is 11.9 Å². The number of benzene rings is 2. The Balaban J connectivity index is 2.13. The van der Waals surface area contributed by atoms with Gasteiger partial charge in [-0.3, -0.25) is 4.79 Å². The lowest BCUT2D eigenvalue weighted by molar-refractivity contribution is -0.142. The molecule has 0 unspecified atom stereocenters. The van der Waals surface area contributed by atoms with Crippen LogP contribution in [0.25, 0.3) is 0 Å². The first-order valence-electron chi connectivity index (χ1n) is 8.65. The highest BCUT2D eigenvalue weighted by molar-refractivity contribution is 5.94. The van der Waals surface area contributed by atoms with Crippen molar-refractivity contribution in [2.45, 2.75) is 19.9 Å². The molecule has 0 spiro atoms. The largest absolute Gasteiger partial charge is 0.482 e. The molecule has 0 saturated carbocycles. The van der Waals surface area contributed by atoms with Crippen LogP contribution < -0.4 is 4.74 Å². The normalized spacial score (nSPS) is 9.96. The zero-order valence-corrected chi connectivity index (χ0v) is 15.5. The Morgan fingerprint density at radius 2 is 1.89 bits per heavy atom. The van der Waals surface area contributed by atoms with Gasteiger partial charge in [-0.25, -0.2) is 4.79 Å². The molecule has 0 aliphatic carbocycles. The topological polar surface area (TPSA) is 79.6 Å². The molecule has 0 fully saturated rings. The SMILES string of the molecule is CCCN(Cc1ccc(C#N)cc1)C(=O)c1cccc(OCC(=O)OC)c1. The first-order chi connectivity index (χ1) is 13.1. The molecule has 0 saturated heterocycles. The Hall–Kier alpha value is -3.33.